The number of nitrogens with one attached hydrogen (secondary N) is 1. The summed E-state index contributed by atoms with van der Waals surface area (Å²) in [5.41, 5.74) is 2.17. The van der Waals surface area contributed by atoms with Crippen LogP contribution in [-0.4, -0.2) is 8.42 Å². The Hall–Kier alpha value is -0.690. The Bertz CT molecular complexity index is 728. The smallest absolute Gasteiger partial charge is 0.207 e. The van der Waals surface area contributed by atoms with E-state index in [0.29, 0.717) is 4.47 Å². The van der Waals surface area contributed by atoms with Crippen LogP contribution in [0.1, 0.15) is 18.1 Å². The molecular weight excluding hydrogens is 418 g/mol. The highest BCUT2D eigenvalue weighted by Gasteiger charge is 2.17. The van der Waals surface area contributed by atoms with Crippen molar-refractivity contribution in [3.05, 3.63) is 62.5 Å². The third-order valence-electron chi connectivity index (χ3n) is 3.08. The summed E-state index contributed by atoms with van der Waals surface area (Å²) in [4.78, 5) is 0.224. The summed E-state index contributed by atoms with van der Waals surface area (Å²) in [5, 5.41) is 0. The zero-order valence-electron chi connectivity index (χ0n) is 11.4. The highest BCUT2D eigenvalue weighted by atomic mass is 79.9. The molecule has 0 saturated carbocycles. The largest absolute Gasteiger partial charge is 0.242 e. The molecule has 2 rings (SSSR count). The maximum Gasteiger partial charge on any atom is 0.242 e. The molecule has 21 heavy (non-hydrogen) atoms. The summed E-state index contributed by atoms with van der Waals surface area (Å²) in [6.07, 6.45) is 0.969. The SMILES string of the molecule is CCc1ccc(CNS(=O)(=O)c2cc(Br)ccc2Br)cc1. The lowest BCUT2D eigenvalue weighted by atomic mass is 10.1. The molecule has 0 saturated heterocycles. The predicted octanol–water partition coefficient (Wildman–Crippen LogP) is 4.25. The van der Waals surface area contributed by atoms with Gasteiger partial charge in [-0.15, -0.1) is 0 Å². The van der Waals surface area contributed by atoms with E-state index in [9.17, 15) is 8.42 Å². The summed E-state index contributed by atoms with van der Waals surface area (Å²) in [6, 6.07) is 13.0. The molecule has 112 valence electrons. The van der Waals surface area contributed by atoms with Gasteiger partial charge in [-0.05, 0) is 51.7 Å². The van der Waals surface area contributed by atoms with E-state index in [-0.39, 0.29) is 11.4 Å². The van der Waals surface area contributed by atoms with Gasteiger partial charge >= 0.3 is 0 Å². The van der Waals surface area contributed by atoms with Gasteiger partial charge in [0.15, 0.2) is 0 Å². The van der Waals surface area contributed by atoms with Crippen molar-refractivity contribution in [1.29, 1.82) is 0 Å². The zero-order valence-corrected chi connectivity index (χ0v) is 15.4. The Morgan fingerprint density at radius 1 is 1.00 bits per heavy atom. The summed E-state index contributed by atoms with van der Waals surface area (Å²) >= 11 is 6.56. The molecule has 0 bridgehead atoms. The van der Waals surface area contributed by atoms with E-state index in [4.69, 9.17) is 0 Å². The Morgan fingerprint density at radius 3 is 2.24 bits per heavy atom. The van der Waals surface area contributed by atoms with E-state index < -0.39 is 10.0 Å². The van der Waals surface area contributed by atoms with E-state index >= 15 is 0 Å². The number of benzene rings is 2. The lowest BCUT2D eigenvalue weighted by molar-refractivity contribution is 0.580. The van der Waals surface area contributed by atoms with Gasteiger partial charge in [0.25, 0.3) is 0 Å². The molecule has 0 aliphatic heterocycles. The van der Waals surface area contributed by atoms with E-state index in [1.54, 1.807) is 18.2 Å². The topological polar surface area (TPSA) is 46.2 Å². The van der Waals surface area contributed by atoms with Crippen molar-refractivity contribution in [2.24, 2.45) is 0 Å². The first-order valence-electron chi connectivity index (χ1n) is 6.45. The van der Waals surface area contributed by atoms with Gasteiger partial charge in [0.2, 0.25) is 10.0 Å². The number of sulfonamides is 1. The molecule has 0 spiro atoms. The van der Waals surface area contributed by atoms with Crippen LogP contribution in [0.3, 0.4) is 0 Å². The Morgan fingerprint density at radius 2 is 1.62 bits per heavy atom. The van der Waals surface area contributed by atoms with Crippen LogP contribution in [0.15, 0.2) is 56.3 Å². The quantitative estimate of drug-likeness (QED) is 0.767. The van der Waals surface area contributed by atoms with Gasteiger partial charge in [-0.1, -0.05) is 47.1 Å². The Balaban J connectivity index is 2.15. The highest BCUT2D eigenvalue weighted by molar-refractivity contribution is 9.11. The molecule has 6 heteroatoms. The van der Waals surface area contributed by atoms with Crippen molar-refractivity contribution in [3.63, 3.8) is 0 Å². The Labute approximate surface area is 142 Å². The van der Waals surface area contributed by atoms with E-state index in [1.165, 1.54) is 5.56 Å². The molecule has 2 aromatic rings. The average molecular weight is 433 g/mol. The molecule has 0 aliphatic carbocycles. The molecule has 0 aliphatic rings. The van der Waals surface area contributed by atoms with Crippen molar-refractivity contribution in [3.8, 4) is 0 Å². The standard InChI is InChI=1S/C15H15Br2NO2S/c1-2-11-3-5-12(6-4-11)10-18-21(19,20)15-9-13(16)7-8-14(15)17/h3-9,18H,2,10H2,1H3. The van der Waals surface area contributed by atoms with Crippen molar-refractivity contribution >= 4 is 41.9 Å². The van der Waals surface area contributed by atoms with Gasteiger partial charge < -0.3 is 0 Å². The number of hydrogen-bond acceptors (Lipinski definition) is 2. The zero-order chi connectivity index (χ0) is 15.5. The van der Waals surface area contributed by atoms with Gasteiger partial charge in [-0.25, -0.2) is 13.1 Å². The maximum absolute atomic E-state index is 12.3. The summed E-state index contributed by atoms with van der Waals surface area (Å²) < 4.78 is 28.6. The first-order valence-corrected chi connectivity index (χ1v) is 9.52. The van der Waals surface area contributed by atoms with Gasteiger partial charge in [0.1, 0.15) is 0 Å². The minimum Gasteiger partial charge on any atom is -0.207 e. The molecule has 0 unspecified atom stereocenters. The van der Waals surface area contributed by atoms with Crippen LogP contribution in [-0.2, 0) is 23.0 Å². The first-order chi connectivity index (χ1) is 9.92. The van der Waals surface area contributed by atoms with Crippen LogP contribution in [0.25, 0.3) is 0 Å². The Kier molecular flexibility index (Phi) is 5.60. The van der Waals surface area contributed by atoms with Crippen molar-refractivity contribution in [2.45, 2.75) is 24.8 Å². The average Bonchev–Trinajstić information content (AvgIpc) is 2.48. The van der Waals surface area contributed by atoms with Crippen molar-refractivity contribution < 1.29 is 8.42 Å². The predicted molar refractivity (Wildman–Crippen MR) is 91.7 cm³/mol. The number of aryl methyl sites for hydroxylation is 1. The van der Waals surface area contributed by atoms with Crippen molar-refractivity contribution in [2.75, 3.05) is 0 Å². The molecular formula is C15H15Br2NO2S. The van der Waals surface area contributed by atoms with Gasteiger partial charge in [-0.2, -0.15) is 0 Å². The molecule has 0 amide bonds. The lowest BCUT2D eigenvalue weighted by Gasteiger charge is -2.09. The number of hydrogen-bond donors (Lipinski definition) is 1. The molecule has 0 heterocycles. The third kappa shape index (κ3) is 4.39. The fourth-order valence-corrected chi connectivity index (χ4v) is 4.35. The van der Waals surface area contributed by atoms with Gasteiger partial charge in [0, 0.05) is 15.5 Å². The summed E-state index contributed by atoms with van der Waals surface area (Å²) in [5.74, 6) is 0. The second-order valence-corrected chi connectivity index (χ2v) is 8.07. The monoisotopic (exact) mass is 431 g/mol. The normalized spacial score (nSPS) is 11.6. The van der Waals surface area contributed by atoms with E-state index in [1.807, 2.05) is 24.3 Å². The van der Waals surface area contributed by atoms with Crippen LogP contribution >= 0.6 is 31.9 Å². The van der Waals surface area contributed by atoms with Crippen molar-refractivity contribution in [1.82, 2.24) is 4.72 Å². The maximum atomic E-state index is 12.3. The summed E-state index contributed by atoms with van der Waals surface area (Å²) in [6.45, 7) is 2.35. The lowest BCUT2D eigenvalue weighted by Crippen LogP contribution is -2.23. The molecule has 2 aromatic carbocycles. The van der Waals surface area contributed by atoms with E-state index in [0.717, 1.165) is 16.5 Å². The van der Waals surface area contributed by atoms with E-state index in [2.05, 4.69) is 43.5 Å². The second kappa shape index (κ2) is 7.05. The van der Waals surface area contributed by atoms with Crippen LogP contribution in [0, 0.1) is 0 Å². The fourth-order valence-electron chi connectivity index (χ4n) is 1.83. The minimum absolute atomic E-state index is 0.224. The number of rotatable bonds is 5. The first kappa shape index (κ1) is 16.7. The van der Waals surface area contributed by atoms with Gasteiger partial charge in [0.05, 0.1) is 4.90 Å². The minimum atomic E-state index is -3.55. The highest BCUT2D eigenvalue weighted by Crippen LogP contribution is 2.25. The molecule has 0 fully saturated rings. The molecule has 0 radical (unpaired) electrons. The van der Waals surface area contributed by atoms with Crippen LogP contribution in [0.5, 0.6) is 0 Å². The van der Waals surface area contributed by atoms with Gasteiger partial charge in [-0.3, -0.25) is 0 Å². The van der Waals surface area contributed by atoms with Crippen LogP contribution in [0.2, 0.25) is 0 Å². The molecule has 0 atom stereocenters. The summed E-state index contributed by atoms with van der Waals surface area (Å²) in [7, 11) is -3.55. The molecule has 1 N–H and O–H groups in total. The fraction of sp³-hybridized carbons (Fsp3) is 0.200. The van der Waals surface area contributed by atoms with Crippen LogP contribution < -0.4 is 4.72 Å². The molecule has 3 nitrogen and oxygen atoms in total. The van der Waals surface area contributed by atoms with Crippen LogP contribution in [0.4, 0.5) is 0 Å². The second-order valence-electron chi connectivity index (χ2n) is 4.57. The third-order valence-corrected chi connectivity index (χ3v) is 5.97. The molecule has 0 aromatic heterocycles. The number of halogens is 2.